The molecule has 0 aliphatic carbocycles. The van der Waals surface area contributed by atoms with Crippen LogP contribution in [0.4, 0.5) is 0 Å². The zero-order chi connectivity index (χ0) is 12.1. The minimum atomic E-state index is 0.226. The molecule has 0 saturated carbocycles. The normalized spacial score (nSPS) is 12.6. The number of aryl methyl sites for hydroxylation is 2. The lowest BCUT2D eigenvalue weighted by Crippen LogP contribution is -2.17. The Morgan fingerprint density at radius 1 is 1.35 bits per heavy atom. The van der Waals surface area contributed by atoms with E-state index in [2.05, 4.69) is 34.1 Å². The Balaban J connectivity index is 1.89. The second-order valence-electron chi connectivity index (χ2n) is 4.55. The smallest absolute Gasteiger partial charge is 0.0300 e. The summed E-state index contributed by atoms with van der Waals surface area (Å²) in [5.41, 5.74) is 8.37. The number of pyridine rings is 1. The van der Waals surface area contributed by atoms with E-state index in [-0.39, 0.29) is 6.04 Å². The summed E-state index contributed by atoms with van der Waals surface area (Å²) in [5, 5.41) is 0. The van der Waals surface area contributed by atoms with Crippen LogP contribution in [-0.2, 0) is 19.4 Å². The van der Waals surface area contributed by atoms with E-state index in [0.29, 0.717) is 0 Å². The first-order valence-electron chi connectivity index (χ1n) is 6.03. The molecule has 90 valence electrons. The van der Waals surface area contributed by atoms with Crippen LogP contribution in [0.5, 0.6) is 0 Å². The summed E-state index contributed by atoms with van der Waals surface area (Å²) < 4.78 is 2.21. The molecule has 0 aromatic carbocycles. The van der Waals surface area contributed by atoms with Crippen molar-refractivity contribution in [3.63, 3.8) is 0 Å². The van der Waals surface area contributed by atoms with E-state index >= 15 is 0 Å². The van der Waals surface area contributed by atoms with Gasteiger partial charge in [0.1, 0.15) is 0 Å². The zero-order valence-electron chi connectivity index (χ0n) is 10.2. The molecule has 2 aromatic rings. The molecule has 0 spiro atoms. The average molecular weight is 229 g/mol. The molecule has 2 N–H and O–H groups in total. The van der Waals surface area contributed by atoms with Crippen LogP contribution in [0, 0.1) is 0 Å². The van der Waals surface area contributed by atoms with Gasteiger partial charge in [-0.2, -0.15) is 0 Å². The molecule has 0 amide bonds. The van der Waals surface area contributed by atoms with Gasteiger partial charge in [-0.25, -0.2) is 0 Å². The van der Waals surface area contributed by atoms with Gasteiger partial charge in [-0.1, -0.05) is 6.07 Å². The van der Waals surface area contributed by atoms with Crippen molar-refractivity contribution in [1.29, 1.82) is 0 Å². The zero-order valence-corrected chi connectivity index (χ0v) is 10.2. The summed E-state index contributed by atoms with van der Waals surface area (Å²) in [6, 6.07) is 6.46. The predicted octanol–water partition coefficient (Wildman–Crippen LogP) is 2.02. The van der Waals surface area contributed by atoms with Crippen LogP contribution in [0.1, 0.15) is 18.1 Å². The van der Waals surface area contributed by atoms with Gasteiger partial charge in [0, 0.05) is 37.4 Å². The van der Waals surface area contributed by atoms with E-state index in [9.17, 15) is 0 Å². The quantitative estimate of drug-likeness (QED) is 0.852. The standard InChI is InChI=1S/C14H19N3/c1-12(15)9-14-5-8-17(11-14)7-4-13-3-2-6-16-10-13/h2-3,5-6,8,10-12H,4,7,9,15H2,1H3. The first-order valence-corrected chi connectivity index (χ1v) is 6.03. The summed E-state index contributed by atoms with van der Waals surface area (Å²) in [7, 11) is 0. The van der Waals surface area contributed by atoms with E-state index in [4.69, 9.17) is 5.73 Å². The fourth-order valence-electron chi connectivity index (χ4n) is 1.93. The van der Waals surface area contributed by atoms with Gasteiger partial charge in [0.05, 0.1) is 0 Å². The van der Waals surface area contributed by atoms with Crippen molar-refractivity contribution in [3.8, 4) is 0 Å². The molecule has 0 radical (unpaired) electrons. The van der Waals surface area contributed by atoms with Gasteiger partial charge in [-0.05, 0) is 43.0 Å². The summed E-state index contributed by atoms with van der Waals surface area (Å²) >= 11 is 0. The minimum Gasteiger partial charge on any atom is -0.354 e. The van der Waals surface area contributed by atoms with Crippen molar-refractivity contribution in [2.45, 2.75) is 32.4 Å². The van der Waals surface area contributed by atoms with E-state index in [1.807, 2.05) is 19.2 Å². The van der Waals surface area contributed by atoms with Crippen LogP contribution in [-0.4, -0.2) is 15.6 Å². The van der Waals surface area contributed by atoms with Crippen molar-refractivity contribution in [3.05, 3.63) is 54.1 Å². The fourth-order valence-corrected chi connectivity index (χ4v) is 1.93. The van der Waals surface area contributed by atoms with E-state index in [1.54, 1.807) is 6.20 Å². The maximum Gasteiger partial charge on any atom is 0.0300 e. The second-order valence-corrected chi connectivity index (χ2v) is 4.55. The molecule has 2 aromatic heterocycles. The van der Waals surface area contributed by atoms with Crippen LogP contribution in [0.3, 0.4) is 0 Å². The Labute approximate surface area is 102 Å². The van der Waals surface area contributed by atoms with Crippen molar-refractivity contribution < 1.29 is 0 Å². The SMILES string of the molecule is CC(N)Cc1ccn(CCc2cccnc2)c1. The number of hydrogen-bond donors (Lipinski definition) is 1. The summed E-state index contributed by atoms with van der Waals surface area (Å²) in [6.07, 6.45) is 9.99. The van der Waals surface area contributed by atoms with Gasteiger partial charge in [0.2, 0.25) is 0 Å². The summed E-state index contributed by atoms with van der Waals surface area (Å²) in [5.74, 6) is 0. The van der Waals surface area contributed by atoms with Gasteiger partial charge < -0.3 is 10.3 Å². The lowest BCUT2D eigenvalue weighted by atomic mass is 10.1. The molecule has 0 aliphatic heterocycles. The Hall–Kier alpha value is -1.61. The average Bonchev–Trinajstić information content (AvgIpc) is 2.75. The molecule has 1 unspecified atom stereocenters. The van der Waals surface area contributed by atoms with Gasteiger partial charge in [0.25, 0.3) is 0 Å². The highest BCUT2D eigenvalue weighted by Gasteiger charge is 2.00. The number of hydrogen-bond acceptors (Lipinski definition) is 2. The number of aromatic nitrogens is 2. The molecule has 0 bridgehead atoms. The maximum atomic E-state index is 5.78. The van der Waals surface area contributed by atoms with Gasteiger partial charge in [0.15, 0.2) is 0 Å². The van der Waals surface area contributed by atoms with Crippen molar-refractivity contribution in [1.82, 2.24) is 9.55 Å². The van der Waals surface area contributed by atoms with Crippen LogP contribution < -0.4 is 5.73 Å². The topological polar surface area (TPSA) is 43.8 Å². The molecule has 0 saturated heterocycles. The first kappa shape index (κ1) is 11.9. The third kappa shape index (κ3) is 3.71. The molecular weight excluding hydrogens is 210 g/mol. The van der Waals surface area contributed by atoms with E-state index in [0.717, 1.165) is 19.4 Å². The maximum absolute atomic E-state index is 5.78. The first-order chi connectivity index (χ1) is 8.24. The Morgan fingerprint density at radius 2 is 2.24 bits per heavy atom. The monoisotopic (exact) mass is 229 g/mol. The van der Waals surface area contributed by atoms with E-state index in [1.165, 1.54) is 11.1 Å². The summed E-state index contributed by atoms with van der Waals surface area (Å²) in [4.78, 5) is 4.12. The van der Waals surface area contributed by atoms with Crippen LogP contribution in [0.25, 0.3) is 0 Å². The highest BCUT2D eigenvalue weighted by atomic mass is 14.9. The van der Waals surface area contributed by atoms with Crippen LogP contribution in [0.15, 0.2) is 43.0 Å². The van der Waals surface area contributed by atoms with E-state index < -0.39 is 0 Å². The minimum absolute atomic E-state index is 0.226. The summed E-state index contributed by atoms with van der Waals surface area (Å²) in [6.45, 7) is 3.03. The molecule has 0 aliphatic rings. The number of nitrogens with zero attached hydrogens (tertiary/aromatic N) is 2. The number of nitrogens with two attached hydrogens (primary N) is 1. The molecular formula is C14H19N3. The Morgan fingerprint density at radius 3 is 2.94 bits per heavy atom. The highest BCUT2D eigenvalue weighted by Crippen LogP contribution is 2.06. The molecule has 17 heavy (non-hydrogen) atoms. The molecule has 2 heterocycles. The van der Waals surface area contributed by atoms with Gasteiger partial charge in [-0.3, -0.25) is 4.98 Å². The molecule has 3 nitrogen and oxygen atoms in total. The van der Waals surface area contributed by atoms with Crippen LogP contribution in [0.2, 0.25) is 0 Å². The molecule has 1 atom stereocenters. The Kier molecular flexibility index (Phi) is 3.94. The van der Waals surface area contributed by atoms with Crippen LogP contribution >= 0.6 is 0 Å². The van der Waals surface area contributed by atoms with Crippen molar-refractivity contribution >= 4 is 0 Å². The highest BCUT2D eigenvalue weighted by molar-refractivity contribution is 5.13. The van der Waals surface area contributed by atoms with Gasteiger partial charge in [-0.15, -0.1) is 0 Å². The lowest BCUT2D eigenvalue weighted by Gasteiger charge is -2.03. The number of rotatable bonds is 5. The fraction of sp³-hybridized carbons (Fsp3) is 0.357. The third-order valence-electron chi connectivity index (χ3n) is 2.75. The Bertz CT molecular complexity index is 446. The second kappa shape index (κ2) is 5.64. The van der Waals surface area contributed by atoms with Crippen molar-refractivity contribution in [2.75, 3.05) is 0 Å². The molecule has 0 fully saturated rings. The predicted molar refractivity (Wildman–Crippen MR) is 69.7 cm³/mol. The molecule has 3 heteroatoms. The van der Waals surface area contributed by atoms with Crippen molar-refractivity contribution in [2.24, 2.45) is 5.73 Å². The molecule has 2 rings (SSSR count). The lowest BCUT2D eigenvalue weighted by molar-refractivity contribution is 0.690. The third-order valence-corrected chi connectivity index (χ3v) is 2.75. The largest absolute Gasteiger partial charge is 0.354 e. The van der Waals surface area contributed by atoms with Gasteiger partial charge >= 0.3 is 0 Å².